The molecule has 4 aliphatic rings. The van der Waals surface area contributed by atoms with Gasteiger partial charge in [-0.2, -0.15) is 0 Å². The molecule has 1 aromatic heterocycles. The van der Waals surface area contributed by atoms with Crippen LogP contribution < -0.4 is 5.32 Å². The summed E-state index contributed by atoms with van der Waals surface area (Å²) >= 11 is 1.14. The van der Waals surface area contributed by atoms with Crippen LogP contribution in [0.1, 0.15) is 82.6 Å². The molecular weight excluding hydrogens is 803 g/mol. The zero-order valence-corrected chi connectivity index (χ0v) is 35.2. The maximum Gasteiger partial charge on any atom is 0.408 e. The van der Waals surface area contributed by atoms with Crippen molar-refractivity contribution in [2.24, 2.45) is 16.7 Å². The molecule has 3 aliphatic carbocycles. The topological polar surface area (TPSA) is 231 Å². The molecule has 6 rings (SSSR count). The number of carbonyl (C=O) groups is 6. The number of alkyl carbamates (subject to hydrolysis) is 1. The minimum absolute atomic E-state index is 0.00891. The highest BCUT2D eigenvalue weighted by atomic mass is 32.1. The fourth-order valence-corrected chi connectivity index (χ4v) is 10.3. The fraction of sp³-hybridized carbons (Fsp3) is 0.535. The Morgan fingerprint density at radius 3 is 2.30 bits per heavy atom. The summed E-state index contributed by atoms with van der Waals surface area (Å²) in [7, 11) is 0. The average Bonchev–Trinajstić information content (AvgIpc) is 3.73. The summed E-state index contributed by atoms with van der Waals surface area (Å²) in [5.74, 6) is -6.28. The summed E-state index contributed by atoms with van der Waals surface area (Å²) in [4.78, 5) is 82.8. The van der Waals surface area contributed by atoms with E-state index in [2.05, 4.69) is 5.32 Å². The first-order chi connectivity index (χ1) is 28.2. The molecule has 1 amide bonds. The molecule has 3 fully saturated rings. The van der Waals surface area contributed by atoms with E-state index in [0.29, 0.717) is 4.88 Å². The van der Waals surface area contributed by atoms with Gasteiger partial charge >= 0.3 is 30.0 Å². The largest absolute Gasteiger partial charge is 0.456 e. The molecule has 2 heterocycles. The van der Waals surface area contributed by atoms with E-state index < -0.39 is 113 Å². The number of fused-ring (bicyclic) bond motifs is 5. The Morgan fingerprint density at radius 1 is 1.02 bits per heavy atom. The third-order valence-electron chi connectivity index (χ3n) is 12.7. The molecule has 2 saturated carbocycles. The average molecular weight is 854 g/mol. The van der Waals surface area contributed by atoms with Crippen molar-refractivity contribution >= 4 is 47.1 Å². The second-order valence-electron chi connectivity index (χ2n) is 16.4. The molecule has 17 heteroatoms. The van der Waals surface area contributed by atoms with Gasteiger partial charge in [-0.05, 0) is 55.5 Å². The van der Waals surface area contributed by atoms with E-state index in [1.54, 1.807) is 68.6 Å². The maximum absolute atomic E-state index is 15.4. The molecule has 2 aromatic rings. The molecule has 0 radical (unpaired) electrons. The van der Waals surface area contributed by atoms with E-state index in [-0.39, 0.29) is 36.3 Å². The lowest BCUT2D eigenvalue weighted by Crippen LogP contribution is -2.82. The molecule has 11 atom stereocenters. The number of ketones is 1. The SMILES string of the molecule is CC=CCOC(=O)NC(c1cccs1)C(O)C(=O)OC1CC2(O)C(OC(=O)c3ccccc3)C3[C@]4(OC(C)=O)COC4CC(O)[C@@]3(C)C(=O)C(OC(C)=O)C(=C1C)C2(C)C. The highest BCUT2D eigenvalue weighted by molar-refractivity contribution is 7.10. The van der Waals surface area contributed by atoms with Gasteiger partial charge in [0.2, 0.25) is 0 Å². The lowest BCUT2D eigenvalue weighted by Gasteiger charge is -2.67. The van der Waals surface area contributed by atoms with E-state index in [1.165, 1.54) is 26.0 Å². The molecule has 9 unspecified atom stereocenters. The van der Waals surface area contributed by atoms with Crippen LogP contribution in [-0.4, -0.2) is 112 Å². The number of hydrogen-bond donors (Lipinski definition) is 4. The minimum atomic E-state index is -2.39. The first-order valence-corrected chi connectivity index (χ1v) is 20.5. The summed E-state index contributed by atoms with van der Waals surface area (Å²) in [6, 6.07) is 9.71. The van der Waals surface area contributed by atoms with Crippen LogP contribution in [0.25, 0.3) is 0 Å². The molecule has 324 valence electrons. The van der Waals surface area contributed by atoms with Crippen LogP contribution in [0.5, 0.6) is 0 Å². The van der Waals surface area contributed by atoms with Gasteiger partial charge in [-0.15, -0.1) is 11.3 Å². The zero-order chi connectivity index (χ0) is 43.9. The highest BCUT2D eigenvalue weighted by Gasteiger charge is 2.78. The summed E-state index contributed by atoms with van der Waals surface area (Å²) in [5, 5.41) is 41.4. The number of aliphatic hydroxyl groups excluding tert-OH is 2. The van der Waals surface area contributed by atoms with Crippen molar-refractivity contribution in [1.82, 2.24) is 5.32 Å². The first kappa shape index (κ1) is 44.6. The van der Waals surface area contributed by atoms with Crippen LogP contribution in [0.3, 0.4) is 0 Å². The Kier molecular flexibility index (Phi) is 12.5. The van der Waals surface area contributed by atoms with Crippen molar-refractivity contribution < 1.29 is 72.5 Å². The van der Waals surface area contributed by atoms with Gasteiger partial charge in [-0.25, -0.2) is 14.4 Å². The van der Waals surface area contributed by atoms with Gasteiger partial charge in [0.1, 0.15) is 36.6 Å². The number of thiophene rings is 1. The molecule has 2 bridgehead atoms. The van der Waals surface area contributed by atoms with Crippen LogP contribution in [0.15, 0.2) is 71.1 Å². The van der Waals surface area contributed by atoms with E-state index in [0.717, 1.165) is 25.2 Å². The van der Waals surface area contributed by atoms with Gasteiger partial charge in [-0.1, -0.05) is 50.3 Å². The second-order valence-corrected chi connectivity index (χ2v) is 17.4. The summed E-state index contributed by atoms with van der Waals surface area (Å²) in [6.45, 7) is 9.59. The quantitative estimate of drug-likeness (QED) is 0.144. The Morgan fingerprint density at radius 2 is 1.72 bits per heavy atom. The predicted molar refractivity (Wildman–Crippen MR) is 211 cm³/mol. The van der Waals surface area contributed by atoms with Gasteiger partial charge < -0.3 is 49.1 Å². The van der Waals surface area contributed by atoms with Gasteiger partial charge in [-0.3, -0.25) is 14.4 Å². The van der Waals surface area contributed by atoms with E-state index in [4.69, 9.17) is 28.4 Å². The molecule has 4 N–H and O–H groups in total. The minimum Gasteiger partial charge on any atom is -0.456 e. The molecule has 1 saturated heterocycles. The standard InChI is InChI=1S/C43H51NO15S/c1-8-9-17-54-39(52)44-31(27-16-13-18-60-27)32(48)38(51)57-26-20-43(53)36(58-37(50)25-14-11-10-12-15-25)34-41(7,28(47)19-29-42(34,21-55-29)59-24(4)46)35(49)33(56-23(3)45)30(22(26)2)40(43,5)6/h8-16,18,26,28-29,31-34,36,47-48,53H,17,19-21H2,1-7H3,(H,44,52)/t26?,28?,29?,31?,32?,33?,34?,36?,41-,42+,43?/m1/s1. The number of ether oxygens (including phenoxy) is 6. The monoisotopic (exact) mass is 853 g/mol. The van der Waals surface area contributed by atoms with E-state index in [9.17, 15) is 39.3 Å². The number of carbonyl (C=O) groups excluding carboxylic acids is 6. The number of esters is 4. The smallest absolute Gasteiger partial charge is 0.408 e. The van der Waals surface area contributed by atoms with Gasteiger partial charge in [0.25, 0.3) is 0 Å². The van der Waals surface area contributed by atoms with E-state index >= 15 is 4.79 Å². The normalized spacial score (nSPS) is 32.7. The number of benzene rings is 1. The number of rotatable bonds is 11. The number of amides is 1. The van der Waals surface area contributed by atoms with Gasteiger partial charge in [0.15, 0.2) is 23.6 Å². The van der Waals surface area contributed by atoms with Crippen LogP contribution in [0.2, 0.25) is 0 Å². The fourth-order valence-electron chi connectivity index (χ4n) is 9.53. The number of aliphatic hydroxyl groups is 3. The van der Waals surface area contributed by atoms with Crippen molar-refractivity contribution in [3.05, 3.63) is 81.6 Å². The van der Waals surface area contributed by atoms with Crippen molar-refractivity contribution in [1.29, 1.82) is 0 Å². The Hall–Kier alpha value is -4.94. The van der Waals surface area contributed by atoms with Crippen LogP contribution in [0, 0.1) is 16.7 Å². The van der Waals surface area contributed by atoms with Crippen molar-refractivity contribution in [2.45, 2.75) is 115 Å². The summed E-state index contributed by atoms with van der Waals surface area (Å²) in [5.41, 5.74) is -7.65. The zero-order valence-electron chi connectivity index (χ0n) is 34.4. The van der Waals surface area contributed by atoms with Gasteiger partial charge in [0.05, 0.1) is 29.6 Å². The first-order valence-electron chi connectivity index (χ1n) is 19.6. The van der Waals surface area contributed by atoms with Gasteiger partial charge in [0, 0.05) is 37.0 Å². The maximum atomic E-state index is 15.4. The van der Waals surface area contributed by atoms with E-state index in [1.807, 2.05) is 0 Å². The van der Waals surface area contributed by atoms with Crippen molar-refractivity contribution in [3.8, 4) is 0 Å². The number of hydrogen-bond acceptors (Lipinski definition) is 16. The van der Waals surface area contributed by atoms with Crippen molar-refractivity contribution in [2.75, 3.05) is 13.2 Å². The van der Waals surface area contributed by atoms with Crippen LogP contribution in [-0.2, 0) is 47.6 Å². The summed E-state index contributed by atoms with van der Waals surface area (Å²) in [6.07, 6.45) is -8.20. The molecule has 1 aromatic carbocycles. The molecule has 60 heavy (non-hydrogen) atoms. The third-order valence-corrected chi connectivity index (χ3v) is 13.6. The highest BCUT2D eigenvalue weighted by Crippen LogP contribution is 2.64. The lowest BCUT2D eigenvalue weighted by molar-refractivity contribution is -0.346. The van der Waals surface area contributed by atoms with Crippen molar-refractivity contribution in [3.63, 3.8) is 0 Å². The Labute approximate surface area is 350 Å². The number of allylic oxidation sites excluding steroid dienone is 1. The number of nitrogens with one attached hydrogen (secondary N) is 1. The molecule has 16 nitrogen and oxygen atoms in total. The molecule has 0 spiro atoms. The molecular formula is C43H51NO15S. The number of Topliss-reactive ketones (excluding diaryl/α,β-unsaturated/α-hetero) is 1. The van der Waals surface area contributed by atoms with Crippen LogP contribution in [0.4, 0.5) is 4.79 Å². The molecule has 1 aliphatic heterocycles. The predicted octanol–water partition coefficient (Wildman–Crippen LogP) is 3.67. The Balaban J connectivity index is 1.52. The Bertz CT molecular complexity index is 2070. The lowest BCUT2D eigenvalue weighted by atomic mass is 9.44. The summed E-state index contributed by atoms with van der Waals surface area (Å²) < 4.78 is 35.3. The third kappa shape index (κ3) is 7.54. The van der Waals surface area contributed by atoms with Crippen LogP contribution >= 0.6 is 11.3 Å². The second kappa shape index (κ2) is 16.8.